The Bertz CT molecular complexity index is 623. The minimum atomic E-state index is -3.57. The molecule has 0 bridgehead atoms. The number of rotatable bonds is 9. The van der Waals surface area contributed by atoms with E-state index in [9.17, 15) is 8.42 Å². The van der Waals surface area contributed by atoms with E-state index in [0.29, 0.717) is 12.3 Å². The zero-order chi connectivity index (χ0) is 17.6. The number of hydrogen-bond acceptors (Lipinski definition) is 6. The topological polar surface area (TPSA) is 67.9 Å². The van der Waals surface area contributed by atoms with Gasteiger partial charge in [-0.2, -0.15) is 8.42 Å². The van der Waals surface area contributed by atoms with Crippen LogP contribution in [0.25, 0.3) is 0 Å². The smallest absolute Gasteiger partial charge is 0.306 e. The Labute approximate surface area is 145 Å². The fourth-order valence-corrected chi connectivity index (χ4v) is 3.37. The third kappa shape index (κ3) is 5.65. The van der Waals surface area contributed by atoms with E-state index in [2.05, 4.69) is 24.1 Å². The SMILES string of the molecule is CCN(CC)c1ccc(CNCC2CCCO2)c(OS(C)(=O)=O)c1. The lowest BCUT2D eigenvalue weighted by molar-refractivity contribution is 0.110. The van der Waals surface area contributed by atoms with Gasteiger partial charge in [-0.15, -0.1) is 0 Å². The predicted octanol–water partition coefficient (Wildman–Crippen LogP) is 2.14. The zero-order valence-electron chi connectivity index (χ0n) is 14.7. The van der Waals surface area contributed by atoms with Crippen molar-refractivity contribution in [3.63, 3.8) is 0 Å². The Balaban J connectivity index is 2.11. The van der Waals surface area contributed by atoms with Gasteiger partial charge in [-0.25, -0.2) is 0 Å². The maximum absolute atomic E-state index is 11.6. The second-order valence-electron chi connectivity index (χ2n) is 6.02. The summed E-state index contributed by atoms with van der Waals surface area (Å²) in [5.41, 5.74) is 1.79. The van der Waals surface area contributed by atoms with Gasteiger partial charge in [0.05, 0.1) is 12.4 Å². The maximum Gasteiger partial charge on any atom is 0.306 e. The highest BCUT2D eigenvalue weighted by molar-refractivity contribution is 7.86. The molecule has 0 amide bonds. The molecule has 1 N–H and O–H groups in total. The van der Waals surface area contributed by atoms with Gasteiger partial charge in [-0.3, -0.25) is 0 Å². The average molecular weight is 356 g/mol. The summed E-state index contributed by atoms with van der Waals surface area (Å²) < 4.78 is 34.0. The highest BCUT2D eigenvalue weighted by Gasteiger charge is 2.16. The largest absolute Gasteiger partial charge is 0.382 e. The van der Waals surface area contributed by atoms with Crippen molar-refractivity contribution in [2.45, 2.75) is 39.3 Å². The van der Waals surface area contributed by atoms with E-state index < -0.39 is 10.1 Å². The van der Waals surface area contributed by atoms with Crippen LogP contribution in [0.5, 0.6) is 5.75 Å². The molecule has 1 aromatic carbocycles. The van der Waals surface area contributed by atoms with E-state index in [0.717, 1.165) is 56.6 Å². The van der Waals surface area contributed by atoms with Gasteiger partial charge in [-0.1, -0.05) is 6.07 Å². The van der Waals surface area contributed by atoms with Crippen LogP contribution in [0, 0.1) is 0 Å². The molecule has 0 saturated carbocycles. The number of ether oxygens (including phenoxy) is 1. The first-order valence-corrected chi connectivity index (χ1v) is 10.3. The lowest BCUT2D eigenvalue weighted by Crippen LogP contribution is -2.26. The average Bonchev–Trinajstić information content (AvgIpc) is 3.02. The van der Waals surface area contributed by atoms with Crippen molar-refractivity contribution in [3.8, 4) is 5.75 Å². The Kier molecular flexibility index (Phi) is 6.89. The van der Waals surface area contributed by atoms with Crippen molar-refractivity contribution in [2.24, 2.45) is 0 Å². The number of hydrogen-bond donors (Lipinski definition) is 1. The Hall–Kier alpha value is -1.31. The fraction of sp³-hybridized carbons (Fsp3) is 0.647. The molecule has 6 nitrogen and oxygen atoms in total. The van der Waals surface area contributed by atoms with Crippen molar-refractivity contribution in [1.29, 1.82) is 0 Å². The van der Waals surface area contributed by atoms with E-state index in [1.807, 2.05) is 12.1 Å². The van der Waals surface area contributed by atoms with Gasteiger partial charge in [0.15, 0.2) is 0 Å². The van der Waals surface area contributed by atoms with E-state index in [4.69, 9.17) is 8.92 Å². The molecule has 1 aliphatic heterocycles. The Morgan fingerprint density at radius 3 is 2.67 bits per heavy atom. The summed E-state index contributed by atoms with van der Waals surface area (Å²) in [6.07, 6.45) is 3.49. The molecular weight excluding hydrogens is 328 g/mol. The van der Waals surface area contributed by atoms with Gasteiger partial charge in [0.25, 0.3) is 0 Å². The molecule has 1 aliphatic rings. The van der Waals surface area contributed by atoms with Crippen molar-refractivity contribution >= 4 is 15.8 Å². The molecule has 1 atom stereocenters. The van der Waals surface area contributed by atoms with Crippen LogP contribution in [0.2, 0.25) is 0 Å². The van der Waals surface area contributed by atoms with Crippen LogP contribution in [0.15, 0.2) is 18.2 Å². The number of nitrogens with zero attached hydrogens (tertiary/aromatic N) is 1. The lowest BCUT2D eigenvalue weighted by Gasteiger charge is -2.22. The normalized spacial score (nSPS) is 17.9. The predicted molar refractivity (Wildman–Crippen MR) is 96.2 cm³/mol. The minimum Gasteiger partial charge on any atom is -0.382 e. The first kappa shape index (κ1) is 19.0. The number of nitrogens with one attached hydrogen (secondary N) is 1. The van der Waals surface area contributed by atoms with Gasteiger partial charge < -0.3 is 19.1 Å². The molecule has 1 fully saturated rings. The van der Waals surface area contributed by atoms with E-state index >= 15 is 0 Å². The molecular formula is C17H28N2O4S. The number of benzene rings is 1. The first-order valence-electron chi connectivity index (χ1n) is 8.52. The molecule has 1 heterocycles. The van der Waals surface area contributed by atoms with E-state index in [1.165, 1.54) is 0 Å². The molecule has 0 spiro atoms. The summed E-state index contributed by atoms with van der Waals surface area (Å²) in [7, 11) is -3.57. The first-order chi connectivity index (χ1) is 11.4. The monoisotopic (exact) mass is 356 g/mol. The second kappa shape index (κ2) is 8.69. The van der Waals surface area contributed by atoms with Crippen LogP contribution in [0.3, 0.4) is 0 Å². The summed E-state index contributed by atoms with van der Waals surface area (Å²) in [5, 5.41) is 3.33. The molecule has 1 saturated heterocycles. The molecule has 0 aromatic heterocycles. The summed E-state index contributed by atoms with van der Waals surface area (Å²) in [6.45, 7) is 7.97. The third-order valence-electron chi connectivity index (χ3n) is 4.13. The quantitative estimate of drug-likeness (QED) is 0.684. The van der Waals surface area contributed by atoms with Gasteiger partial charge in [0.2, 0.25) is 0 Å². The van der Waals surface area contributed by atoms with Crippen molar-refractivity contribution < 1.29 is 17.3 Å². The van der Waals surface area contributed by atoms with Gasteiger partial charge in [-0.05, 0) is 32.8 Å². The summed E-state index contributed by atoms with van der Waals surface area (Å²) >= 11 is 0. The Morgan fingerprint density at radius 2 is 2.08 bits per heavy atom. The molecule has 1 aromatic rings. The standard InChI is InChI=1S/C17H28N2O4S/c1-4-19(5-2)15-9-8-14(17(11-15)23-24(3,20)21)12-18-13-16-7-6-10-22-16/h8-9,11,16,18H,4-7,10,12-13H2,1-3H3. The highest BCUT2D eigenvalue weighted by Crippen LogP contribution is 2.27. The van der Waals surface area contributed by atoms with Crippen LogP contribution in [-0.4, -0.2) is 47.0 Å². The van der Waals surface area contributed by atoms with Crippen molar-refractivity contribution in [2.75, 3.05) is 37.4 Å². The maximum atomic E-state index is 11.6. The van der Waals surface area contributed by atoms with E-state index in [1.54, 1.807) is 6.07 Å². The molecule has 1 unspecified atom stereocenters. The lowest BCUT2D eigenvalue weighted by atomic mass is 10.1. The van der Waals surface area contributed by atoms with Crippen molar-refractivity contribution in [1.82, 2.24) is 5.32 Å². The second-order valence-corrected chi connectivity index (χ2v) is 7.59. The molecule has 0 radical (unpaired) electrons. The van der Waals surface area contributed by atoms with Gasteiger partial charge in [0, 0.05) is 50.1 Å². The van der Waals surface area contributed by atoms with Gasteiger partial charge >= 0.3 is 10.1 Å². The summed E-state index contributed by atoms with van der Waals surface area (Å²) in [6, 6.07) is 5.74. The van der Waals surface area contributed by atoms with Crippen LogP contribution < -0.4 is 14.4 Å². The summed E-state index contributed by atoms with van der Waals surface area (Å²) in [5.74, 6) is 0.391. The molecule has 24 heavy (non-hydrogen) atoms. The highest BCUT2D eigenvalue weighted by atomic mass is 32.2. The minimum absolute atomic E-state index is 0.249. The Morgan fingerprint density at radius 1 is 1.33 bits per heavy atom. The number of anilines is 1. The van der Waals surface area contributed by atoms with Crippen LogP contribution in [0.1, 0.15) is 32.3 Å². The van der Waals surface area contributed by atoms with Crippen LogP contribution in [0.4, 0.5) is 5.69 Å². The van der Waals surface area contributed by atoms with E-state index in [-0.39, 0.29) is 6.10 Å². The van der Waals surface area contributed by atoms with Crippen LogP contribution in [-0.2, 0) is 21.4 Å². The third-order valence-corrected chi connectivity index (χ3v) is 4.61. The molecule has 136 valence electrons. The van der Waals surface area contributed by atoms with Crippen molar-refractivity contribution in [3.05, 3.63) is 23.8 Å². The summed E-state index contributed by atoms with van der Waals surface area (Å²) in [4.78, 5) is 2.15. The fourth-order valence-electron chi connectivity index (χ4n) is 2.89. The molecule has 2 rings (SSSR count). The van der Waals surface area contributed by atoms with Crippen LogP contribution >= 0.6 is 0 Å². The van der Waals surface area contributed by atoms with Gasteiger partial charge in [0.1, 0.15) is 5.75 Å². The molecule has 0 aliphatic carbocycles. The zero-order valence-corrected chi connectivity index (χ0v) is 15.6. The molecule has 7 heteroatoms.